The van der Waals surface area contributed by atoms with E-state index >= 15 is 0 Å². The van der Waals surface area contributed by atoms with Crippen LogP contribution in [0.25, 0.3) is 0 Å². The van der Waals surface area contributed by atoms with Gasteiger partial charge in [-0.15, -0.1) is 0 Å². The zero-order valence-electron chi connectivity index (χ0n) is 12.0. The normalized spacial score (nSPS) is 21.9. The molecule has 1 saturated carbocycles. The quantitative estimate of drug-likeness (QED) is 0.673. The number of aliphatic hydroxyl groups is 1. The topological polar surface area (TPSA) is 75.3 Å². The minimum atomic E-state index is -0.835. The van der Waals surface area contributed by atoms with E-state index in [1.807, 2.05) is 0 Å². The molecule has 18 heavy (non-hydrogen) atoms. The Morgan fingerprint density at radius 1 is 1.44 bits per heavy atom. The SMILES string of the molecule is CC(C)CC(C)(O)CNC(=O)C1(CN)CCCC1. The summed E-state index contributed by atoms with van der Waals surface area (Å²) in [5.74, 6) is 0.429. The van der Waals surface area contributed by atoms with Crippen molar-refractivity contribution in [3.63, 3.8) is 0 Å². The molecule has 0 spiro atoms. The van der Waals surface area contributed by atoms with Gasteiger partial charge in [0.1, 0.15) is 0 Å². The zero-order valence-corrected chi connectivity index (χ0v) is 12.0. The molecule has 4 nitrogen and oxygen atoms in total. The van der Waals surface area contributed by atoms with Gasteiger partial charge in [0, 0.05) is 13.1 Å². The van der Waals surface area contributed by atoms with Crippen LogP contribution in [0.3, 0.4) is 0 Å². The zero-order chi connectivity index (χ0) is 13.8. The Morgan fingerprint density at radius 2 is 2.00 bits per heavy atom. The van der Waals surface area contributed by atoms with Crippen molar-refractivity contribution in [1.29, 1.82) is 0 Å². The molecule has 0 aliphatic heterocycles. The van der Waals surface area contributed by atoms with Gasteiger partial charge in [-0.25, -0.2) is 0 Å². The predicted molar refractivity (Wildman–Crippen MR) is 73.0 cm³/mol. The highest BCUT2D eigenvalue weighted by atomic mass is 16.3. The van der Waals surface area contributed by atoms with Gasteiger partial charge in [0.05, 0.1) is 11.0 Å². The van der Waals surface area contributed by atoms with Gasteiger partial charge < -0.3 is 16.2 Å². The fourth-order valence-electron chi connectivity index (χ4n) is 2.99. The maximum atomic E-state index is 12.2. The highest BCUT2D eigenvalue weighted by Gasteiger charge is 2.40. The summed E-state index contributed by atoms with van der Waals surface area (Å²) in [6.45, 7) is 6.62. The van der Waals surface area contributed by atoms with Crippen LogP contribution in [0.2, 0.25) is 0 Å². The molecule has 4 N–H and O–H groups in total. The van der Waals surface area contributed by atoms with E-state index in [-0.39, 0.29) is 11.3 Å². The third kappa shape index (κ3) is 3.95. The Balaban J connectivity index is 2.50. The summed E-state index contributed by atoms with van der Waals surface area (Å²) in [6, 6.07) is 0. The number of nitrogens with two attached hydrogens (primary N) is 1. The Hall–Kier alpha value is -0.610. The Morgan fingerprint density at radius 3 is 2.44 bits per heavy atom. The van der Waals surface area contributed by atoms with Gasteiger partial charge in [-0.2, -0.15) is 0 Å². The lowest BCUT2D eigenvalue weighted by Gasteiger charge is -2.30. The van der Waals surface area contributed by atoms with Gasteiger partial charge in [-0.05, 0) is 32.1 Å². The summed E-state index contributed by atoms with van der Waals surface area (Å²) in [5.41, 5.74) is 4.55. The van der Waals surface area contributed by atoms with E-state index in [9.17, 15) is 9.90 Å². The average Bonchev–Trinajstić information content (AvgIpc) is 2.74. The van der Waals surface area contributed by atoms with Gasteiger partial charge in [0.15, 0.2) is 0 Å². The van der Waals surface area contributed by atoms with Crippen LogP contribution in [0.1, 0.15) is 52.9 Å². The second-order valence-electron chi connectivity index (χ2n) is 6.47. The van der Waals surface area contributed by atoms with E-state index in [4.69, 9.17) is 5.73 Å². The average molecular weight is 256 g/mol. The minimum Gasteiger partial charge on any atom is -0.388 e. The molecule has 1 rings (SSSR count). The van der Waals surface area contributed by atoms with Crippen LogP contribution < -0.4 is 11.1 Å². The van der Waals surface area contributed by atoms with E-state index < -0.39 is 5.60 Å². The molecule has 1 amide bonds. The van der Waals surface area contributed by atoms with E-state index in [1.54, 1.807) is 6.92 Å². The molecule has 1 aliphatic rings. The molecule has 1 fully saturated rings. The first-order chi connectivity index (χ1) is 8.31. The molecule has 0 aromatic heterocycles. The van der Waals surface area contributed by atoms with Crippen molar-refractivity contribution >= 4 is 5.91 Å². The van der Waals surface area contributed by atoms with Crippen molar-refractivity contribution in [2.45, 2.75) is 58.5 Å². The van der Waals surface area contributed by atoms with Crippen molar-refractivity contribution < 1.29 is 9.90 Å². The molecule has 1 aliphatic carbocycles. The fraction of sp³-hybridized carbons (Fsp3) is 0.929. The molecule has 0 radical (unpaired) electrons. The Kier molecular flexibility index (Phi) is 5.17. The lowest BCUT2D eigenvalue weighted by atomic mass is 9.85. The first-order valence-corrected chi connectivity index (χ1v) is 7.02. The number of carbonyl (C=O) groups excluding carboxylic acids is 1. The van der Waals surface area contributed by atoms with Crippen molar-refractivity contribution in [3.8, 4) is 0 Å². The van der Waals surface area contributed by atoms with Crippen LogP contribution >= 0.6 is 0 Å². The number of amides is 1. The van der Waals surface area contributed by atoms with Crippen LogP contribution in [0, 0.1) is 11.3 Å². The smallest absolute Gasteiger partial charge is 0.227 e. The third-order valence-corrected chi connectivity index (χ3v) is 3.91. The van der Waals surface area contributed by atoms with Crippen LogP contribution in [-0.4, -0.2) is 29.7 Å². The van der Waals surface area contributed by atoms with E-state index in [0.717, 1.165) is 25.7 Å². The molecule has 0 aromatic rings. The Bertz CT molecular complexity index is 282. The van der Waals surface area contributed by atoms with Crippen molar-refractivity contribution in [2.75, 3.05) is 13.1 Å². The monoisotopic (exact) mass is 256 g/mol. The van der Waals surface area contributed by atoms with Gasteiger partial charge in [0.2, 0.25) is 5.91 Å². The molecular weight excluding hydrogens is 228 g/mol. The molecule has 1 atom stereocenters. The standard InChI is InChI=1S/C14H28N2O2/c1-11(2)8-13(3,18)10-16-12(17)14(9-15)6-4-5-7-14/h11,18H,4-10,15H2,1-3H3,(H,16,17). The van der Waals surface area contributed by atoms with Gasteiger partial charge in [-0.1, -0.05) is 26.7 Å². The van der Waals surface area contributed by atoms with E-state index in [1.165, 1.54) is 0 Å². The van der Waals surface area contributed by atoms with Gasteiger partial charge in [0.25, 0.3) is 0 Å². The maximum absolute atomic E-state index is 12.2. The second-order valence-corrected chi connectivity index (χ2v) is 6.47. The lowest BCUT2D eigenvalue weighted by Crippen LogP contribution is -2.49. The van der Waals surface area contributed by atoms with Crippen LogP contribution in [0.15, 0.2) is 0 Å². The molecular formula is C14H28N2O2. The molecule has 0 heterocycles. The van der Waals surface area contributed by atoms with Crippen LogP contribution in [-0.2, 0) is 4.79 Å². The second kappa shape index (κ2) is 6.02. The summed E-state index contributed by atoms with van der Waals surface area (Å²) >= 11 is 0. The largest absolute Gasteiger partial charge is 0.388 e. The summed E-state index contributed by atoms with van der Waals surface area (Å²) in [6.07, 6.45) is 4.59. The van der Waals surface area contributed by atoms with Crippen LogP contribution in [0.5, 0.6) is 0 Å². The van der Waals surface area contributed by atoms with Crippen molar-refractivity contribution in [1.82, 2.24) is 5.32 Å². The third-order valence-electron chi connectivity index (χ3n) is 3.91. The number of nitrogens with one attached hydrogen (secondary N) is 1. The molecule has 1 unspecified atom stereocenters. The summed E-state index contributed by atoms with van der Waals surface area (Å²) in [4.78, 5) is 12.2. The fourth-order valence-corrected chi connectivity index (χ4v) is 2.99. The number of hydrogen-bond donors (Lipinski definition) is 3. The van der Waals surface area contributed by atoms with Crippen LogP contribution in [0.4, 0.5) is 0 Å². The summed E-state index contributed by atoms with van der Waals surface area (Å²) < 4.78 is 0. The van der Waals surface area contributed by atoms with Gasteiger partial charge in [-0.3, -0.25) is 4.79 Å². The summed E-state index contributed by atoms with van der Waals surface area (Å²) in [5, 5.41) is 13.1. The predicted octanol–water partition coefficient (Wildman–Crippen LogP) is 1.42. The highest BCUT2D eigenvalue weighted by molar-refractivity contribution is 5.83. The number of hydrogen-bond acceptors (Lipinski definition) is 3. The van der Waals surface area contributed by atoms with Gasteiger partial charge >= 0.3 is 0 Å². The number of rotatable bonds is 6. The molecule has 0 aromatic carbocycles. The van der Waals surface area contributed by atoms with Crippen molar-refractivity contribution in [2.24, 2.45) is 17.1 Å². The molecule has 0 saturated heterocycles. The highest BCUT2D eigenvalue weighted by Crippen LogP contribution is 2.37. The first-order valence-electron chi connectivity index (χ1n) is 7.02. The first kappa shape index (κ1) is 15.4. The number of carbonyl (C=O) groups is 1. The maximum Gasteiger partial charge on any atom is 0.227 e. The molecule has 0 bridgehead atoms. The molecule has 106 valence electrons. The Labute approximate surface area is 110 Å². The van der Waals surface area contributed by atoms with Crippen molar-refractivity contribution in [3.05, 3.63) is 0 Å². The van der Waals surface area contributed by atoms with E-state index in [0.29, 0.717) is 25.4 Å². The van der Waals surface area contributed by atoms with E-state index in [2.05, 4.69) is 19.2 Å². The lowest BCUT2D eigenvalue weighted by molar-refractivity contribution is -0.131. The minimum absolute atomic E-state index is 0.0199. The summed E-state index contributed by atoms with van der Waals surface area (Å²) in [7, 11) is 0. The molecule has 4 heteroatoms.